The van der Waals surface area contributed by atoms with Crippen molar-refractivity contribution in [2.75, 3.05) is 6.54 Å². The van der Waals surface area contributed by atoms with E-state index in [-0.39, 0.29) is 6.04 Å². The number of alkyl carbamates (subject to hydrolysis) is 1. The third-order valence-electron chi connectivity index (χ3n) is 3.87. The van der Waals surface area contributed by atoms with Crippen molar-refractivity contribution in [3.8, 4) is 0 Å². The minimum absolute atomic E-state index is 0.271. The predicted octanol–water partition coefficient (Wildman–Crippen LogP) is 4.50. The van der Waals surface area contributed by atoms with Crippen molar-refractivity contribution in [2.45, 2.75) is 79.5 Å². The number of carbonyl (C=O) groups excluding carboxylic acids is 1. The molecule has 5 nitrogen and oxygen atoms in total. The van der Waals surface area contributed by atoms with Gasteiger partial charge in [-0.1, -0.05) is 19.9 Å². The number of pyridine rings is 1. The fourth-order valence-electron chi connectivity index (χ4n) is 2.60. The maximum atomic E-state index is 11.7. The number of nitrogens with zero attached hydrogens (tertiary/aromatic N) is 1. The zero-order chi connectivity index (χ0) is 19.0. The maximum Gasteiger partial charge on any atom is 0.407 e. The summed E-state index contributed by atoms with van der Waals surface area (Å²) in [5.41, 5.74) is 2.53. The molecule has 0 saturated carbocycles. The molecule has 0 saturated heterocycles. The van der Waals surface area contributed by atoms with E-state index in [1.54, 1.807) is 0 Å². The molecular weight excluding hydrogens is 314 g/mol. The van der Waals surface area contributed by atoms with E-state index in [4.69, 9.17) is 4.74 Å². The summed E-state index contributed by atoms with van der Waals surface area (Å²) in [6.45, 7) is 15.6. The Morgan fingerprint density at radius 1 is 1.24 bits per heavy atom. The fraction of sp³-hybridized carbons (Fsp3) is 0.700. The second-order valence-electron chi connectivity index (χ2n) is 8.04. The van der Waals surface area contributed by atoms with Crippen LogP contribution < -0.4 is 10.6 Å². The van der Waals surface area contributed by atoms with E-state index in [1.165, 1.54) is 18.4 Å². The third-order valence-corrected chi connectivity index (χ3v) is 3.87. The van der Waals surface area contributed by atoms with Gasteiger partial charge in [-0.2, -0.15) is 0 Å². The highest BCUT2D eigenvalue weighted by molar-refractivity contribution is 5.67. The molecule has 1 rings (SSSR count). The molecule has 1 atom stereocenters. The van der Waals surface area contributed by atoms with Crippen molar-refractivity contribution in [1.29, 1.82) is 0 Å². The number of ether oxygens (including phenoxy) is 1. The molecule has 0 bridgehead atoms. The van der Waals surface area contributed by atoms with Gasteiger partial charge in [0.2, 0.25) is 0 Å². The average molecular weight is 350 g/mol. The van der Waals surface area contributed by atoms with Gasteiger partial charge in [-0.3, -0.25) is 4.98 Å². The second kappa shape index (κ2) is 9.76. The molecule has 1 amide bonds. The van der Waals surface area contributed by atoms with Gasteiger partial charge >= 0.3 is 6.09 Å². The molecule has 0 spiro atoms. The van der Waals surface area contributed by atoms with Crippen LogP contribution in [0.2, 0.25) is 0 Å². The van der Waals surface area contributed by atoms with E-state index in [0.717, 1.165) is 23.9 Å². The predicted molar refractivity (Wildman–Crippen MR) is 103 cm³/mol. The lowest BCUT2D eigenvalue weighted by atomic mass is 10.1. The molecule has 0 unspecified atom stereocenters. The molecule has 25 heavy (non-hydrogen) atoms. The zero-order valence-corrected chi connectivity index (χ0v) is 16.9. The van der Waals surface area contributed by atoms with Gasteiger partial charge in [0.05, 0.1) is 12.2 Å². The van der Waals surface area contributed by atoms with Crippen LogP contribution in [0.25, 0.3) is 0 Å². The van der Waals surface area contributed by atoms with Gasteiger partial charge in [-0.25, -0.2) is 4.79 Å². The Kier molecular flexibility index (Phi) is 8.36. The van der Waals surface area contributed by atoms with Crippen LogP contribution in [0.3, 0.4) is 0 Å². The number of carbonyl (C=O) groups is 1. The lowest BCUT2D eigenvalue weighted by Crippen LogP contribution is -2.32. The molecule has 1 aromatic heterocycles. The van der Waals surface area contributed by atoms with Crippen molar-refractivity contribution in [2.24, 2.45) is 5.92 Å². The van der Waals surface area contributed by atoms with Crippen LogP contribution in [0.4, 0.5) is 4.79 Å². The molecule has 1 heterocycles. The molecule has 0 aromatic carbocycles. The summed E-state index contributed by atoms with van der Waals surface area (Å²) in [7, 11) is 0. The molecule has 0 radical (unpaired) electrons. The highest BCUT2D eigenvalue weighted by Gasteiger charge is 2.16. The van der Waals surface area contributed by atoms with Crippen LogP contribution in [-0.2, 0) is 11.3 Å². The summed E-state index contributed by atoms with van der Waals surface area (Å²) in [6.07, 6.45) is 2.01. The molecule has 0 fully saturated rings. The van der Waals surface area contributed by atoms with Crippen molar-refractivity contribution in [3.63, 3.8) is 0 Å². The van der Waals surface area contributed by atoms with E-state index in [0.29, 0.717) is 6.54 Å². The van der Waals surface area contributed by atoms with E-state index in [2.05, 4.69) is 42.5 Å². The Morgan fingerprint density at radius 2 is 1.92 bits per heavy atom. The van der Waals surface area contributed by atoms with Crippen LogP contribution in [0, 0.1) is 12.8 Å². The quantitative estimate of drug-likeness (QED) is 0.678. The molecule has 142 valence electrons. The van der Waals surface area contributed by atoms with Gasteiger partial charge in [0.15, 0.2) is 0 Å². The number of rotatable bonds is 8. The SMILES string of the molecule is Cc1nc(CNC(=O)OC(C)(C)C)ccc1[C@@H](C)NCCCC(C)C. The van der Waals surface area contributed by atoms with Crippen LogP contribution in [0.15, 0.2) is 12.1 Å². The third kappa shape index (κ3) is 8.87. The Hall–Kier alpha value is -1.62. The average Bonchev–Trinajstić information content (AvgIpc) is 2.47. The number of aromatic nitrogens is 1. The lowest BCUT2D eigenvalue weighted by Gasteiger charge is -2.20. The van der Waals surface area contributed by atoms with E-state index in [1.807, 2.05) is 33.8 Å². The number of hydrogen-bond acceptors (Lipinski definition) is 4. The van der Waals surface area contributed by atoms with Crippen LogP contribution in [0.5, 0.6) is 0 Å². The van der Waals surface area contributed by atoms with Crippen molar-refractivity contribution in [1.82, 2.24) is 15.6 Å². The zero-order valence-electron chi connectivity index (χ0n) is 16.9. The minimum atomic E-state index is -0.492. The number of amides is 1. The smallest absolute Gasteiger partial charge is 0.407 e. The normalized spacial score (nSPS) is 13.0. The first-order chi connectivity index (χ1) is 11.6. The number of hydrogen-bond donors (Lipinski definition) is 2. The van der Waals surface area contributed by atoms with Crippen molar-refractivity contribution in [3.05, 3.63) is 29.1 Å². The van der Waals surface area contributed by atoms with Gasteiger partial charge in [0, 0.05) is 11.7 Å². The Bertz CT molecular complexity index is 550. The minimum Gasteiger partial charge on any atom is -0.444 e. The lowest BCUT2D eigenvalue weighted by molar-refractivity contribution is 0.0523. The largest absolute Gasteiger partial charge is 0.444 e. The second-order valence-corrected chi connectivity index (χ2v) is 8.04. The van der Waals surface area contributed by atoms with E-state index < -0.39 is 11.7 Å². The Morgan fingerprint density at radius 3 is 2.48 bits per heavy atom. The first kappa shape index (κ1) is 21.4. The van der Waals surface area contributed by atoms with Gasteiger partial charge in [0.25, 0.3) is 0 Å². The first-order valence-electron chi connectivity index (χ1n) is 9.25. The summed E-state index contributed by atoms with van der Waals surface area (Å²) in [5.74, 6) is 0.747. The van der Waals surface area contributed by atoms with Gasteiger partial charge in [0.1, 0.15) is 5.60 Å². The van der Waals surface area contributed by atoms with E-state index in [9.17, 15) is 4.79 Å². The number of nitrogens with one attached hydrogen (secondary N) is 2. The summed E-state index contributed by atoms with van der Waals surface area (Å²) < 4.78 is 5.24. The molecule has 0 aliphatic rings. The molecular formula is C20H35N3O2. The van der Waals surface area contributed by atoms with Gasteiger partial charge < -0.3 is 15.4 Å². The van der Waals surface area contributed by atoms with Gasteiger partial charge in [-0.05, 0) is 71.6 Å². The Labute approximate surface area is 152 Å². The van der Waals surface area contributed by atoms with E-state index >= 15 is 0 Å². The first-order valence-corrected chi connectivity index (χ1v) is 9.25. The van der Waals surface area contributed by atoms with Crippen molar-refractivity contribution >= 4 is 6.09 Å². The number of aryl methyl sites for hydroxylation is 1. The summed E-state index contributed by atoms with van der Waals surface area (Å²) >= 11 is 0. The summed E-state index contributed by atoms with van der Waals surface area (Å²) in [5, 5.41) is 6.31. The fourth-order valence-corrected chi connectivity index (χ4v) is 2.60. The maximum absolute atomic E-state index is 11.7. The topological polar surface area (TPSA) is 63.2 Å². The standard InChI is InChI=1S/C20H35N3O2/c1-14(2)9-8-12-21-15(3)18-11-10-17(23-16(18)4)13-22-19(24)25-20(5,6)7/h10-11,14-15,21H,8-9,12-13H2,1-7H3,(H,22,24)/t15-/m1/s1. The van der Waals surface area contributed by atoms with Crippen LogP contribution in [-0.4, -0.2) is 23.2 Å². The highest BCUT2D eigenvalue weighted by Crippen LogP contribution is 2.17. The monoisotopic (exact) mass is 349 g/mol. The molecule has 0 aliphatic carbocycles. The molecule has 1 aromatic rings. The van der Waals surface area contributed by atoms with Crippen LogP contribution in [0.1, 0.15) is 77.4 Å². The Balaban J connectivity index is 2.51. The molecule has 0 aliphatic heterocycles. The van der Waals surface area contributed by atoms with Crippen LogP contribution >= 0.6 is 0 Å². The highest BCUT2D eigenvalue weighted by atomic mass is 16.6. The van der Waals surface area contributed by atoms with Gasteiger partial charge in [-0.15, -0.1) is 0 Å². The summed E-state index contributed by atoms with van der Waals surface area (Å²) in [6, 6.07) is 4.33. The molecule has 5 heteroatoms. The van der Waals surface area contributed by atoms with Crippen molar-refractivity contribution < 1.29 is 9.53 Å². The summed E-state index contributed by atoms with van der Waals surface area (Å²) in [4.78, 5) is 16.3. The molecule has 2 N–H and O–H groups in total.